The summed E-state index contributed by atoms with van der Waals surface area (Å²) in [4.78, 5) is 18.9. The Morgan fingerprint density at radius 3 is 2.74 bits per heavy atom. The van der Waals surface area contributed by atoms with Gasteiger partial charge in [-0.3, -0.25) is 9.69 Å². The molecule has 2 heterocycles. The number of benzene rings is 1. The summed E-state index contributed by atoms with van der Waals surface area (Å²) in [6.07, 6.45) is 2.35. The van der Waals surface area contributed by atoms with Gasteiger partial charge in [0.15, 0.2) is 10.9 Å². The maximum Gasteiger partial charge on any atom is 0.295 e. The van der Waals surface area contributed by atoms with Crippen LogP contribution in [0.1, 0.15) is 23.9 Å². The summed E-state index contributed by atoms with van der Waals surface area (Å²) in [5, 5.41) is 2.66. The van der Waals surface area contributed by atoms with E-state index in [2.05, 4.69) is 20.9 Å². The summed E-state index contributed by atoms with van der Waals surface area (Å²) in [6, 6.07) is 11.3. The van der Waals surface area contributed by atoms with E-state index < -0.39 is 0 Å². The van der Waals surface area contributed by atoms with Gasteiger partial charge in [0, 0.05) is 22.0 Å². The molecule has 23 heavy (non-hydrogen) atoms. The molecule has 0 aliphatic heterocycles. The first-order valence-corrected chi connectivity index (χ1v) is 8.93. The molecule has 3 rings (SSSR count). The van der Waals surface area contributed by atoms with E-state index in [0.29, 0.717) is 17.4 Å². The second kappa shape index (κ2) is 7.10. The van der Waals surface area contributed by atoms with Crippen molar-refractivity contribution < 1.29 is 9.21 Å². The summed E-state index contributed by atoms with van der Waals surface area (Å²) >= 11 is 4.89. The smallest absolute Gasteiger partial charge is 0.295 e. The van der Waals surface area contributed by atoms with Gasteiger partial charge in [-0.2, -0.15) is 0 Å². The maximum absolute atomic E-state index is 12.6. The third-order valence-corrected chi connectivity index (χ3v) is 4.68. The van der Waals surface area contributed by atoms with Crippen molar-refractivity contribution >= 4 is 38.3 Å². The van der Waals surface area contributed by atoms with E-state index in [0.717, 1.165) is 22.2 Å². The Labute approximate surface area is 146 Å². The summed E-state index contributed by atoms with van der Waals surface area (Å²) in [5.74, 6) is 0.174. The maximum atomic E-state index is 12.6. The molecule has 0 aliphatic carbocycles. The van der Waals surface area contributed by atoms with Gasteiger partial charge in [-0.25, -0.2) is 4.98 Å². The normalized spacial score (nSPS) is 10.7. The topological polar surface area (TPSA) is 46.3 Å². The van der Waals surface area contributed by atoms with E-state index in [9.17, 15) is 4.79 Å². The van der Waals surface area contributed by atoms with Crippen molar-refractivity contribution in [3.8, 4) is 11.3 Å². The molecule has 4 nitrogen and oxygen atoms in total. The van der Waals surface area contributed by atoms with Crippen LogP contribution >= 0.6 is 27.3 Å². The Balaban J connectivity index is 1.89. The second-order valence-corrected chi connectivity index (χ2v) is 6.71. The Morgan fingerprint density at radius 2 is 2.09 bits per heavy atom. The van der Waals surface area contributed by atoms with Crippen molar-refractivity contribution in [2.45, 2.75) is 13.3 Å². The van der Waals surface area contributed by atoms with Gasteiger partial charge in [0.2, 0.25) is 0 Å². The fraction of sp³-hybridized carbons (Fsp3) is 0.176. The van der Waals surface area contributed by atoms with Gasteiger partial charge in [-0.15, -0.1) is 11.3 Å². The van der Waals surface area contributed by atoms with Crippen molar-refractivity contribution in [1.82, 2.24) is 4.98 Å². The summed E-state index contributed by atoms with van der Waals surface area (Å²) in [5.41, 5.74) is 1.89. The largest absolute Gasteiger partial charge is 0.459 e. The highest BCUT2D eigenvalue weighted by molar-refractivity contribution is 9.10. The zero-order valence-electron chi connectivity index (χ0n) is 12.5. The standard InChI is InChI=1S/C17H15BrN2O2S/c1-2-9-20(16(21)15-4-3-10-22-15)17-19-14(11-23-17)12-5-7-13(18)8-6-12/h3-8,10-11H,2,9H2,1H3. The molecule has 6 heteroatoms. The Morgan fingerprint density at radius 1 is 1.30 bits per heavy atom. The number of amides is 1. The first kappa shape index (κ1) is 16.0. The molecular weight excluding hydrogens is 376 g/mol. The fourth-order valence-electron chi connectivity index (χ4n) is 2.18. The van der Waals surface area contributed by atoms with Gasteiger partial charge in [-0.05, 0) is 30.7 Å². The van der Waals surface area contributed by atoms with Crippen LogP contribution in [0.15, 0.2) is 56.9 Å². The van der Waals surface area contributed by atoms with E-state index in [1.54, 1.807) is 17.0 Å². The monoisotopic (exact) mass is 390 g/mol. The lowest BCUT2D eigenvalue weighted by molar-refractivity contribution is 0.0960. The SMILES string of the molecule is CCCN(C(=O)c1ccco1)c1nc(-c2ccc(Br)cc2)cs1. The highest BCUT2D eigenvalue weighted by atomic mass is 79.9. The molecule has 0 saturated carbocycles. The average molecular weight is 391 g/mol. The van der Waals surface area contributed by atoms with Gasteiger partial charge in [0.05, 0.1) is 12.0 Å². The molecule has 0 saturated heterocycles. The number of hydrogen-bond acceptors (Lipinski definition) is 4. The number of thiazole rings is 1. The first-order valence-electron chi connectivity index (χ1n) is 7.26. The fourth-order valence-corrected chi connectivity index (χ4v) is 3.31. The van der Waals surface area contributed by atoms with E-state index in [-0.39, 0.29) is 5.91 Å². The number of hydrogen-bond donors (Lipinski definition) is 0. The second-order valence-electron chi connectivity index (χ2n) is 4.96. The third kappa shape index (κ3) is 3.54. The van der Waals surface area contributed by atoms with E-state index in [1.165, 1.54) is 17.6 Å². The zero-order valence-corrected chi connectivity index (χ0v) is 14.9. The van der Waals surface area contributed by atoms with Crippen LogP contribution in [0.3, 0.4) is 0 Å². The molecule has 118 valence electrons. The predicted octanol–water partition coefficient (Wildman–Crippen LogP) is 5.22. The van der Waals surface area contributed by atoms with E-state index in [1.807, 2.05) is 36.6 Å². The minimum atomic E-state index is -0.159. The predicted molar refractivity (Wildman–Crippen MR) is 95.9 cm³/mol. The summed E-state index contributed by atoms with van der Waals surface area (Å²) in [7, 11) is 0. The van der Waals surface area contributed by atoms with Crippen LogP contribution in [0.5, 0.6) is 0 Å². The van der Waals surface area contributed by atoms with Crippen LogP contribution in [0, 0.1) is 0 Å². The van der Waals surface area contributed by atoms with Crippen LogP contribution in [0.25, 0.3) is 11.3 Å². The Kier molecular flexibility index (Phi) is 4.93. The molecule has 1 aromatic carbocycles. The molecule has 0 atom stereocenters. The van der Waals surface area contributed by atoms with Gasteiger partial charge in [0.1, 0.15) is 0 Å². The number of nitrogens with zero attached hydrogens (tertiary/aromatic N) is 2. The van der Waals surface area contributed by atoms with Gasteiger partial charge in [-0.1, -0.05) is 35.0 Å². The average Bonchev–Trinajstić information content (AvgIpc) is 3.24. The van der Waals surface area contributed by atoms with Gasteiger partial charge in [0.25, 0.3) is 5.91 Å². The van der Waals surface area contributed by atoms with Crippen LogP contribution < -0.4 is 4.90 Å². The van der Waals surface area contributed by atoms with Gasteiger partial charge < -0.3 is 4.42 Å². The van der Waals surface area contributed by atoms with Crippen LogP contribution in [-0.4, -0.2) is 17.4 Å². The summed E-state index contributed by atoms with van der Waals surface area (Å²) in [6.45, 7) is 2.64. The first-order chi connectivity index (χ1) is 11.2. The molecule has 0 spiro atoms. The Hall–Kier alpha value is -1.92. The lowest BCUT2D eigenvalue weighted by Gasteiger charge is -2.17. The molecule has 3 aromatic rings. The number of aromatic nitrogens is 1. The third-order valence-electron chi connectivity index (χ3n) is 3.29. The molecular formula is C17H15BrN2O2S. The lowest BCUT2D eigenvalue weighted by Crippen LogP contribution is -2.31. The summed E-state index contributed by atoms with van der Waals surface area (Å²) < 4.78 is 6.25. The van der Waals surface area contributed by atoms with E-state index in [4.69, 9.17) is 4.42 Å². The molecule has 0 bridgehead atoms. The molecule has 0 unspecified atom stereocenters. The van der Waals surface area contributed by atoms with Crippen LogP contribution in [0.2, 0.25) is 0 Å². The quantitative estimate of drug-likeness (QED) is 0.599. The number of rotatable bonds is 5. The van der Waals surface area contributed by atoms with Crippen LogP contribution in [0.4, 0.5) is 5.13 Å². The molecule has 0 aliphatic rings. The number of furan rings is 1. The zero-order chi connectivity index (χ0) is 16.2. The van der Waals surface area contributed by atoms with Crippen molar-refractivity contribution in [1.29, 1.82) is 0 Å². The minimum Gasteiger partial charge on any atom is -0.459 e. The lowest BCUT2D eigenvalue weighted by atomic mass is 10.2. The number of anilines is 1. The molecule has 0 fully saturated rings. The van der Waals surface area contributed by atoms with Crippen LogP contribution in [-0.2, 0) is 0 Å². The minimum absolute atomic E-state index is 0.159. The highest BCUT2D eigenvalue weighted by Crippen LogP contribution is 2.29. The molecule has 0 N–H and O–H groups in total. The number of carbonyl (C=O) groups excluding carboxylic acids is 1. The Bertz CT molecular complexity index is 781. The van der Waals surface area contributed by atoms with Crippen molar-refractivity contribution in [2.24, 2.45) is 0 Å². The van der Waals surface area contributed by atoms with Gasteiger partial charge >= 0.3 is 0 Å². The van der Waals surface area contributed by atoms with Crippen molar-refractivity contribution in [3.05, 3.63) is 58.3 Å². The highest BCUT2D eigenvalue weighted by Gasteiger charge is 2.22. The molecule has 1 amide bonds. The molecule has 2 aromatic heterocycles. The molecule has 0 radical (unpaired) electrons. The van der Waals surface area contributed by atoms with Crippen molar-refractivity contribution in [2.75, 3.05) is 11.4 Å². The number of carbonyl (C=O) groups is 1. The van der Waals surface area contributed by atoms with Crippen molar-refractivity contribution in [3.63, 3.8) is 0 Å². The van der Waals surface area contributed by atoms with E-state index >= 15 is 0 Å². The number of halogens is 1.